The summed E-state index contributed by atoms with van der Waals surface area (Å²) in [6.07, 6.45) is 0. The van der Waals surface area contributed by atoms with Gasteiger partial charge in [0.05, 0.1) is 22.0 Å². The van der Waals surface area contributed by atoms with E-state index in [9.17, 15) is 0 Å². The van der Waals surface area contributed by atoms with Crippen LogP contribution >= 0.6 is 12.6 Å². The molecular weight excluding hydrogens is 252 g/mol. The number of para-hydroxylation sites is 1. The first-order valence-electron chi connectivity index (χ1n) is 6.17. The maximum absolute atomic E-state index is 4.61. The van der Waals surface area contributed by atoms with Gasteiger partial charge in [-0.25, -0.2) is 4.68 Å². The van der Waals surface area contributed by atoms with Crippen molar-refractivity contribution in [3.8, 4) is 16.9 Å². The van der Waals surface area contributed by atoms with E-state index in [-0.39, 0.29) is 0 Å². The van der Waals surface area contributed by atoms with Crippen molar-refractivity contribution in [2.45, 2.75) is 11.8 Å². The zero-order valence-electron chi connectivity index (χ0n) is 10.6. The van der Waals surface area contributed by atoms with Crippen LogP contribution in [0.4, 0.5) is 0 Å². The van der Waals surface area contributed by atoms with Gasteiger partial charge < -0.3 is 0 Å². The topological polar surface area (TPSA) is 17.8 Å². The molecule has 3 heteroatoms. The Kier molecular flexibility index (Phi) is 3.13. The second-order valence-corrected chi connectivity index (χ2v) is 4.84. The number of benzene rings is 2. The summed E-state index contributed by atoms with van der Waals surface area (Å²) in [6, 6.07) is 20.4. The molecule has 0 aliphatic rings. The van der Waals surface area contributed by atoms with Crippen LogP contribution in [0.5, 0.6) is 0 Å². The van der Waals surface area contributed by atoms with Crippen molar-refractivity contribution in [1.29, 1.82) is 0 Å². The second-order valence-electron chi connectivity index (χ2n) is 4.40. The normalized spacial score (nSPS) is 10.6. The van der Waals surface area contributed by atoms with E-state index < -0.39 is 0 Å². The lowest BCUT2D eigenvalue weighted by atomic mass is 10.1. The number of rotatable bonds is 2. The molecule has 0 saturated heterocycles. The molecule has 0 fully saturated rings. The predicted octanol–water partition coefficient (Wildman–Crippen LogP) is 4.14. The Bertz CT molecular complexity index is 688. The van der Waals surface area contributed by atoms with Gasteiger partial charge >= 0.3 is 0 Å². The van der Waals surface area contributed by atoms with Crippen molar-refractivity contribution in [3.05, 3.63) is 66.4 Å². The fourth-order valence-electron chi connectivity index (χ4n) is 2.13. The standard InChI is InChI=1S/C16H14N2S/c1-12-16(19)15(13-8-4-2-5-9-13)18(17-12)14-10-6-3-7-11-14/h2-11,19H,1H3. The molecule has 1 aromatic heterocycles. The molecule has 94 valence electrons. The molecule has 19 heavy (non-hydrogen) atoms. The third-order valence-electron chi connectivity index (χ3n) is 3.08. The lowest BCUT2D eigenvalue weighted by Crippen LogP contribution is -1.98. The molecule has 0 aliphatic heterocycles. The van der Waals surface area contributed by atoms with Crippen molar-refractivity contribution in [3.63, 3.8) is 0 Å². The summed E-state index contributed by atoms with van der Waals surface area (Å²) in [5.41, 5.74) is 4.14. The highest BCUT2D eigenvalue weighted by Gasteiger charge is 2.15. The molecule has 2 aromatic carbocycles. The zero-order chi connectivity index (χ0) is 13.2. The molecule has 0 radical (unpaired) electrons. The summed E-state index contributed by atoms with van der Waals surface area (Å²) in [7, 11) is 0. The number of aryl methyl sites for hydroxylation is 1. The van der Waals surface area contributed by atoms with Gasteiger partial charge in [0, 0.05) is 5.56 Å². The van der Waals surface area contributed by atoms with Gasteiger partial charge in [-0.15, -0.1) is 12.6 Å². The van der Waals surface area contributed by atoms with Crippen molar-refractivity contribution in [1.82, 2.24) is 9.78 Å². The van der Waals surface area contributed by atoms with E-state index in [2.05, 4.69) is 29.9 Å². The minimum absolute atomic E-state index is 0.926. The summed E-state index contributed by atoms with van der Waals surface area (Å²) < 4.78 is 1.95. The Morgan fingerprint density at radius 3 is 2.11 bits per heavy atom. The molecule has 0 bridgehead atoms. The van der Waals surface area contributed by atoms with Crippen LogP contribution in [0.2, 0.25) is 0 Å². The molecule has 0 spiro atoms. The maximum Gasteiger partial charge on any atom is 0.0877 e. The highest BCUT2D eigenvalue weighted by Crippen LogP contribution is 2.31. The Morgan fingerprint density at radius 1 is 0.895 bits per heavy atom. The third kappa shape index (κ3) is 2.17. The van der Waals surface area contributed by atoms with Crippen LogP contribution < -0.4 is 0 Å². The maximum atomic E-state index is 4.61. The number of aromatic nitrogens is 2. The van der Waals surface area contributed by atoms with Gasteiger partial charge in [-0.1, -0.05) is 48.5 Å². The molecule has 0 amide bonds. The van der Waals surface area contributed by atoms with Crippen LogP contribution in [-0.2, 0) is 0 Å². The predicted molar refractivity (Wildman–Crippen MR) is 81.0 cm³/mol. The zero-order valence-corrected chi connectivity index (χ0v) is 11.5. The lowest BCUT2D eigenvalue weighted by molar-refractivity contribution is 0.869. The van der Waals surface area contributed by atoms with Crippen molar-refractivity contribution in [2.75, 3.05) is 0 Å². The van der Waals surface area contributed by atoms with Crippen LogP contribution in [-0.4, -0.2) is 9.78 Å². The molecule has 3 aromatic rings. The first kappa shape index (κ1) is 12.1. The summed E-state index contributed by atoms with van der Waals surface area (Å²) in [6.45, 7) is 1.98. The average Bonchev–Trinajstić information content (AvgIpc) is 2.77. The van der Waals surface area contributed by atoms with E-state index in [1.807, 2.05) is 60.1 Å². The number of nitrogens with zero attached hydrogens (tertiary/aromatic N) is 2. The molecule has 0 aliphatic carbocycles. The first-order valence-corrected chi connectivity index (χ1v) is 6.61. The molecule has 0 unspecified atom stereocenters. The monoisotopic (exact) mass is 266 g/mol. The van der Waals surface area contributed by atoms with Crippen LogP contribution in [0.15, 0.2) is 65.6 Å². The molecule has 0 saturated carbocycles. The lowest BCUT2D eigenvalue weighted by Gasteiger charge is -2.08. The van der Waals surface area contributed by atoms with Crippen molar-refractivity contribution < 1.29 is 0 Å². The number of thiol groups is 1. The Labute approximate surface area is 118 Å². The Hall–Kier alpha value is -2.00. The highest BCUT2D eigenvalue weighted by atomic mass is 32.1. The van der Waals surface area contributed by atoms with E-state index in [4.69, 9.17) is 0 Å². The van der Waals surface area contributed by atoms with Crippen LogP contribution in [0.3, 0.4) is 0 Å². The summed E-state index contributed by atoms with van der Waals surface area (Å²) >= 11 is 4.61. The molecule has 1 heterocycles. The highest BCUT2D eigenvalue weighted by molar-refractivity contribution is 7.80. The van der Waals surface area contributed by atoms with E-state index in [1.165, 1.54) is 0 Å². The number of hydrogen-bond donors (Lipinski definition) is 1. The largest absolute Gasteiger partial charge is 0.232 e. The van der Waals surface area contributed by atoms with Gasteiger partial charge in [-0.2, -0.15) is 5.10 Å². The molecule has 2 nitrogen and oxygen atoms in total. The van der Waals surface area contributed by atoms with Gasteiger partial charge in [0.25, 0.3) is 0 Å². The van der Waals surface area contributed by atoms with Crippen LogP contribution in [0.25, 0.3) is 16.9 Å². The SMILES string of the molecule is Cc1nn(-c2ccccc2)c(-c2ccccc2)c1S. The smallest absolute Gasteiger partial charge is 0.0877 e. The second kappa shape index (κ2) is 4.94. The summed E-state index contributed by atoms with van der Waals surface area (Å²) in [5.74, 6) is 0. The van der Waals surface area contributed by atoms with Gasteiger partial charge in [-0.05, 0) is 19.1 Å². The van der Waals surface area contributed by atoms with Gasteiger partial charge in [0.2, 0.25) is 0 Å². The molecule has 0 N–H and O–H groups in total. The van der Waals surface area contributed by atoms with Gasteiger partial charge in [0.15, 0.2) is 0 Å². The minimum Gasteiger partial charge on any atom is -0.232 e. The molecule has 0 atom stereocenters. The molecular formula is C16H14N2S. The average molecular weight is 266 g/mol. The minimum atomic E-state index is 0.926. The first-order chi connectivity index (χ1) is 9.27. The summed E-state index contributed by atoms with van der Waals surface area (Å²) in [4.78, 5) is 0.926. The number of hydrogen-bond acceptors (Lipinski definition) is 2. The van der Waals surface area contributed by atoms with Crippen molar-refractivity contribution in [2.24, 2.45) is 0 Å². The van der Waals surface area contributed by atoms with E-state index in [0.29, 0.717) is 0 Å². The Balaban J connectivity index is 2.25. The van der Waals surface area contributed by atoms with E-state index in [0.717, 1.165) is 27.5 Å². The van der Waals surface area contributed by atoms with E-state index >= 15 is 0 Å². The Morgan fingerprint density at radius 2 is 1.47 bits per heavy atom. The quantitative estimate of drug-likeness (QED) is 0.690. The fraction of sp³-hybridized carbons (Fsp3) is 0.0625. The van der Waals surface area contributed by atoms with Crippen molar-refractivity contribution >= 4 is 12.6 Å². The third-order valence-corrected chi connectivity index (χ3v) is 3.61. The molecule has 3 rings (SSSR count). The fourth-order valence-corrected chi connectivity index (χ4v) is 2.40. The van der Waals surface area contributed by atoms with Crippen LogP contribution in [0.1, 0.15) is 5.69 Å². The van der Waals surface area contributed by atoms with Crippen LogP contribution in [0, 0.1) is 6.92 Å². The van der Waals surface area contributed by atoms with E-state index in [1.54, 1.807) is 0 Å². The summed E-state index contributed by atoms with van der Waals surface area (Å²) in [5, 5.41) is 4.60. The van der Waals surface area contributed by atoms with Gasteiger partial charge in [-0.3, -0.25) is 0 Å². The van der Waals surface area contributed by atoms with Gasteiger partial charge in [0.1, 0.15) is 0 Å².